The number of rotatable bonds is 5. The number of aryl methyl sites for hydroxylation is 2. The van der Waals surface area contributed by atoms with Gasteiger partial charge in [-0.15, -0.1) is 0 Å². The zero-order chi connectivity index (χ0) is 19.6. The second-order valence-corrected chi connectivity index (χ2v) is 6.28. The van der Waals surface area contributed by atoms with E-state index in [-0.39, 0.29) is 24.6 Å². The number of fused-ring (bicyclic) bond motifs is 1. The monoisotopic (exact) mass is 372 g/mol. The molecule has 1 heterocycles. The Kier molecular flexibility index (Phi) is 5.21. The van der Waals surface area contributed by atoms with E-state index in [0.717, 1.165) is 39.8 Å². The van der Waals surface area contributed by atoms with Crippen LogP contribution in [0.2, 0.25) is 0 Å². The van der Waals surface area contributed by atoms with Crippen molar-refractivity contribution in [3.8, 4) is 0 Å². The predicted molar refractivity (Wildman–Crippen MR) is 97.4 cm³/mol. The van der Waals surface area contributed by atoms with Gasteiger partial charge in [-0.3, -0.25) is 9.59 Å². The summed E-state index contributed by atoms with van der Waals surface area (Å²) in [5, 5.41) is 5.75. The summed E-state index contributed by atoms with van der Waals surface area (Å²) in [7, 11) is 0. The maximum absolute atomic E-state index is 13.1. The highest BCUT2D eigenvalue weighted by molar-refractivity contribution is 5.95. The topological polar surface area (TPSA) is 71.3 Å². The van der Waals surface area contributed by atoms with Crippen LogP contribution in [0, 0.1) is 25.5 Å². The van der Waals surface area contributed by atoms with Gasteiger partial charge in [-0.05, 0) is 37.1 Å². The lowest BCUT2D eigenvalue weighted by atomic mass is 10.0. The molecule has 0 saturated carbocycles. The van der Waals surface area contributed by atoms with Crippen LogP contribution in [-0.2, 0) is 16.0 Å². The fourth-order valence-corrected chi connectivity index (χ4v) is 2.72. The predicted octanol–water partition coefficient (Wildman–Crippen LogP) is 3.63. The molecule has 0 spiro atoms. The Morgan fingerprint density at radius 2 is 1.81 bits per heavy atom. The van der Waals surface area contributed by atoms with Crippen molar-refractivity contribution in [3.05, 3.63) is 64.9 Å². The Morgan fingerprint density at radius 3 is 2.56 bits per heavy atom. The molecule has 3 aromatic rings. The Balaban J connectivity index is 1.57. The van der Waals surface area contributed by atoms with Crippen LogP contribution in [0.3, 0.4) is 0 Å². The van der Waals surface area contributed by atoms with Gasteiger partial charge in [0.25, 0.3) is 0 Å². The molecule has 5 nitrogen and oxygen atoms in total. The molecule has 2 N–H and O–H groups in total. The summed E-state index contributed by atoms with van der Waals surface area (Å²) in [4.78, 5) is 24.0. The zero-order valence-corrected chi connectivity index (χ0v) is 14.9. The zero-order valence-electron chi connectivity index (χ0n) is 14.9. The van der Waals surface area contributed by atoms with Gasteiger partial charge in [0.15, 0.2) is 11.6 Å². The van der Waals surface area contributed by atoms with Gasteiger partial charge in [-0.25, -0.2) is 8.78 Å². The highest BCUT2D eigenvalue weighted by Gasteiger charge is 2.14. The van der Waals surface area contributed by atoms with E-state index < -0.39 is 17.5 Å². The van der Waals surface area contributed by atoms with E-state index in [1.54, 1.807) is 0 Å². The van der Waals surface area contributed by atoms with Crippen LogP contribution in [0.5, 0.6) is 0 Å². The SMILES string of the molecule is Cc1ccc2c(CC(=O)NCC(=O)Nc3ccc(F)c(F)c3)coc2c1C. The van der Waals surface area contributed by atoms with Crippen molar-refractivity contribution in [1.29, 1.82) is 0 Å². The Bertz CT molecular complexity index is 1030. The highest BCUT2D eigenvalue weighted by Crippen LogP contribution is 2.26. The van der Waals surface area contributed by atoms with Crippen LogP contribution < -0.4 is 10.6 Å². The summed E-state index contributed by atoms with van der Waals surface area (Å²) >= 11 is 0. The van der Waals surface area contributed by atoms with Crippen LogP contribution in [-0.4, -0.2) is 18.4 Å². The number of anilines is 1. The fourth-order valence-electron chi connectivity index (χ4n) is 2.72. The van der Waals surface area contributed by atoms with E-state index in [9.17, 15) is 18.4 Å². The molecule has 0 atom stereocenters. The third-order valence-electron chi connectivity index (χ3n) is 4.34. The Morgan fingerprint density at radius 1 is 1.04 bits per heavy atom. The van der Waals surface area contributed by atoms with E-state index in [1.165, 1.54) is 12.3 Å². The van der Waals surface area contributed by atoms with E-state index in [1.807, 2.05) is 26.0 Å². The summed E-state index contributed by atoms with van der Waals surface area (Å²) < 4.78 is 31.6. The number of benzene rings is 2. The van der Waals surface area contributed by atoms with Crippen LogP contribution in [0.25, 0.3) is 11.0 Å². The molecule has 0 aliphatic carbocycles. The van der Waals surface area contributed by atoms with Crippen molar-refractivity contribution in [2.75, 3.05) is 11.9 Å². The maximum Gasteiger partial charge on any atom is 0.243 e. The molecule has 0 bridgehead atoms. The normalized spacial score (nSPS) is 10.8. The molecule has 0 aliphatic rings. The number of furan rings is 1. The third-order valence-corrected chi connectivity index (χ3v) is 4.34. The van der Waals surface area contributed by atoms with Gasteiger partial charge in [-0.2, -0.15) is 0 Å². The van der Waals surface area contributed by atoms with Gasteiger partial charge in [-0.1, -0.05) is 12.1 Å². The smallest absolute Gasteiger partial charge is 0.243 e. The lowest BCUT2D eigenvalue weighted by molar-refractivity contribution is -0.123. The molecular formula is C20H18F2N2O3. The van der Waals surface area contributed by atoms with Crippen molar-refractivity contribution in [3.63, 3.8) is 0 Å². The number of halogens is 2. The van der Waals surface area contributed by atoms with Crippen LogP contribution >= 0.6 is 0 Å². The van der Waals surface area contributed by atoms with Crippen molar-refractivity contribution in [1.82, 2.24) is 5.32 Å². The second-order valence-electron chi connectivity index (χ2n) is 6.28. The molecular weight excluding hydrogens is 354 g/mol. The summed E-state index contributed by atoms with van der Waals surface area (Å²) in [6.45, 7) is 3.65. The number of amides is 2. The van der Waals surface area contributed by atoms with Crippen molar-refractivity contribution in [2.24, 2.45) is 0 Å². The molecule has 0 fully saturated rings. The molecule has 0 saturated heterocycles. The quantitative estimate of drug-likeness (QED) is 0.719. The first-order chi connectivity index (χ1) is 12.8. The van der Waals surface area contributed by atoms with E-state index in [0.29, 0.717) is 0 Å². The Hall–Kier alpha value is -3.22. The molecule has 3 rings (SSSR count). The number of carbonyl (C=O) groups is 2. The molecule has 27 heavy (non-hydrogen) atoms. The molecule has 7 heteroatoms. The summed E-state index contributed by atoms with van der Waals surface area (Å²) in [5.41, 5.74) is 3.70. The molecule has 1 aromatic heterocycles. The minimum absolute atomic E-state index is 0.0634. The minimum Gasteiger partial charge on any atom is -0.464 e. The number of hydrogen-bond acceptors (Lipinski definition) is 3. The molecule has 0 aliphatic heterocycles. The molecule has 140 valence electrons. The van der Waals surface area contributed by atoms with Gasteiger partial charge in [0.2, 0.25) is 11.8 Å². The second kappa shape index (κ2) is 7.57. The van der Waals surface area contributed by atoms with Gasteiger partial charge in [0, 0.05) is 22.7 Å². The van der Waals surface area contributed by atoms with E-state index >= 15 is 0 Å². The molecule has 0 unspecified atom stereocenters. The lowest BCUT2D eigenvalue weighted by Gasteiger charge is -2.07. The Labute approximate surface area is 154 Å². The van der Waals surface area contributed by atoms with Gasteiger partial charge >= 0.3 is 0 Å². The van der Waals surface area contributed by atoms with Gasteiger partial charge in [0.05, 0.1) is 19.2 Å². The first kappa shape index (κ1) is 18.6. The van der Waals surface area contributed by atoms with Crippen LogP contribution in [0.15, 0.2) is 41.0 Å². The number of carbonyl (C=O) groups excluding carboxylic acids is 2. The summed E-state index contributed by atoms with van der Waals surface area (Å²) in [5.74, 6) is -2.96. The van der Waals surface area contributed by atoms with Crippen molar-refractivity contribution >= 4 is 28.5 Å². The van der Waals surface area contributed by atoms with Crippen LogP contribution in [0.1, 0.15) is 16.7 Å². The molecule has 2 amide bonds. The highest BCUT2D eigenvalue weighted by atomic mass is 19.2. The number of hydrogen-bond donors (Lipinski definition) is 2. The maximum atomic E-state index is 13.1. The lowest BCUT2D eigenvalue weighted by Crippen LogP contribution is -2.33. The fraction of sp³-hybridized carbons (Fsp3) is 0.200. The standard InChI is InChI=1S/C20H18F2N2O3/c1-11-3-5-15-13(10-27-20(15)12(11)2)7-18(25)23-9-19(26)24-14-4-6-16(21)17(22)8-14/h3-6,8,10H,7,9H2,1-2H3,(H,23,25)(H,24,26). The first-order valence-electron chi connectivity index (χ1n) is 8.33. The van der Waals surface area contributed by atoms with Gasteiger partial charge in [0.1, 0.15) is 5.58 Å². The largest absolute Gasteiger partial charge is 0.464 e. The first-order valence-corrected chi connectivity index (χ1v) is 8.33. The van der Waals surface area contributed by atoms with Crippen LogP contribution in [0.4, 0.5) is 14.5 Å². The van der Waals surface area contributed by atoms with Crippen molar-refractivity contribution in [2.45, 2.75) is 20.3 Å². The summed E-state index contributed by atoms with van der Waals surface area (Å²) in [6, 6.07) is 6.89. The molecule has 2 aromatic carbocycles. The van der Waals surface area contributed by atoms with E-state index in [2.05, 4.69) is 10.6 Å². The third kappa shape index (κ3) is 4.13. The molecule has 0 radical (unpaired) electrons. The summed E-state index contributed by atoms with van der Waals surface area (Å²) in [6.07, 6.45) is 1.60. The minimum atomic E-state index is -1.06. The number of nitrogens with one attached hydrogen (secondary N) is 2. The van der Waals surface area contributed by atoms with E-state index in [4.69, 9.17) is 4.42 Å². The average Bonchev–Trinajstić information content (AvgIpc) is 3.03. The average molecular weight is 372 g/mol. The van der Waals surface area contributed by atoms with Crippen molar-refractivity contribution < 1.29 is 22.8 Å². The van der Waals surface area contributed by atoms with Gasteiger partial charge < -0.3 is 15.1 Å².